The van der Waals surface area contributed by atoms with E-state index in [1.807, 2.05) is 12.1 Å². The Morgan fingerprint density at radius 3 is 2.43 bits per heavy atom. The summed E-state index contributed by atoms with van der Waals surface area (Å²) in [5, 5.41) is 11.5. The minimum atomic E-state index is -0.313. The molecule has 1 aromatic carbocycles. The summed E-state index contributed by atoms with van der Waals surface area (Å²) in [6.07, 6.45) is 2.37. The third kappa shape index (κ3) is 3.76. The maximum atomic E-state index is 11.0. The number of nitrogens with zero attached hydrogens (tertiary/aromatic N) is 2. The number of piperidine rings is 1. The molecular weight excluding hydrogens is 332 g/mol. The smallest absolute Gasteiger partial charge is 0.273 e. The quantitative estimate of drug-likeness (QED) is 0.446. The number of halogens is 1. The van der Waals surface area contributed by atoms with Gasteiger partial charge in [-0.3, -0.25) is 10.1 Å². The maximum Gasteiger partial charge on any atom is 0.273 e. The number of nitro groups is 1. The van der Waals surface area contributed by atoms with Crippen molar-refractivity contribution in [3.63, 3.8) is 0 Å². The van der Waals surface area contributed by atoms with Crippen LogP contribution in [0.25, 0.3) is 0 Å². The van der Waals surface area contributed by atoms with Crippen molar-refractivity contribution < 1.29 is 4.92 Å². The standard InChI is InChI=1S/C16H23BrN2O2/c1-16(2,3)13-6-8-18(9-7-13)14-4-5-15(19(20)21)12(10-14)11-17/h4-5,10,13H,6-9,11H2,1-3H3. The van der Waals surface area contributed by atoms with Crippen LogP contribution in [0.15, 0.2) is 18.2 Å². The number of alkyl halides is 1. The molecule has 0 atom stereocenters. The van der Waals surface area contributed by atoms with Crippen LogP contribution in [0.4, 0.5) is 11.4 Å². The van der Waals surface area contributed by atoms with E-state index in [9.17, 15) is 10.1 Å². The van der Waals surface area contributed by atoms with Crippen molar-refractivity contribution in [1.82, 2.24) is 0 Å². The molecule has 0 unspecified atom stereocenters. The Hall–Kier alpha value is -1.10. The van der Waals surface area contributed by atoms with Crippen LogP contribution in [-0.2, 0) is 5.33 Å². The highest BCUT2D eigenvalue weighted by Crippen LogP contribution is 2.36. The Labute approximate surface area is 134 Å². The summed E-state index contributed by atoms with van der Waals surface area (Å²) in [4.78, 5) is 13.0. The molecule has 0 aromatic heterocycles. The van der Waals surface area contributed by atoms with Crippen LogP contribution < -0.4 is 4.90 Å². The summed E-state index contributed by atoms with van der Waals surface area (Å²) in [6, 6.07) is 5.45. The van der Waals surface area contributed by atoms with Gasteiger partial charge in [0, 0.05) is 35.7 Å². The summed E-state index contributed by atoms with van der Waals surface area (Å²) in [5.41, 5.74) is 2.40. The van der Waals surface area contributed by atoms with Gasteiger partial charge in [-0.25, -0.2) is 0 Å². The third-order valence-electron chi connectivity index (χ3n) is 4.49. The van der Waals surface area contributed by atoms with Crippen molar-refractivity contribution in [2.45, 2.75) is 38.9 Å². The fourth-order valence-electron chi connectivity index (χ4n) is 3.06. The molecule has 1 saturated heterocycles. The lowest BCUT2D eigenvalue weighted by Gasteiger charge is -2.39. The first kappa shape index (κ1) is 16.3. The molecular formula is C16H23BrN2O2. The van der Waals surface area contributed by atoms with Crippen LogP contribution in [0.5, 0.6) is 0 Å². The summed E-state index contributed by atoms with van der Waals surface area (Å²) < 4.78 is 0. The van der Waals surface area contributed by atoms with E-state index in [0.29, 0.717) is 10.7 Å². The molecule has 1 fully saturated rings. The van der Waals surface area contributed by atoms with E-state index in [-0.39, 0.29) is 10.6 Å². The number of anilines is 1. The van der Waals surface area contributed by atoms with Crippen LogP contribution in [-0.4, -0.2) is 18.0 Å². The lowest BCUT2D eigenvalue weighted by molar-refractivity contribution is -0.385. The van der Waals surface area contributed by atoms with E-state index < -0.39 is 0 Å². The molecule has 0 radical (unpaired) electrons. The van der Waals surface area contributed by atoms with E-state index >= 15 is 0 Å². The predicted octanol–water partition coefficient (Wildman–Crippen LogP) is 4.75. The highest BCUT2D eigenvalue weighted by molar-refractivity contribution is 9.08. The highest BCUT2D eigenvalue weighted by atomic mass is 79.9. The van der Waals surface area contributed by atoms with Crippen LogP contribution in [0.3, 0.4) is 0 Å². The lowest BCUT2D eigenvalue weighted by Crippen LogP contribution is -2.38. The zero-order valence-electron chi connectivity index (χ0n) is 12.9. The summed E-state index contributed by atoms with van der Waals surface area (Å²) in [5.74, 6) is 0.752. The van der Waals surface area contributed by atoms with Crippen molar-refractivity contribution in [2.75, 3.05) is 18.0 Å². The molecule has 4 nitrogen and oxygen atoms in total. The van der Waals surface area contributed by atoms with Crippen molar-refractivity contribution in [1.29, 1.82) is 0 Å². The number of hydrogen-bond donors (Lipinski definition) is 0. The second-order valence-corrected chi connectivity index (χ2v) is 7.39. The van der Waals surface area contributed by atoms with E-state index in [1.165, 1.54) is 12.8 Å². The highest BCUT2D eigenvalue weighted by Gasteiger charge is 2.29. The molecule has 0 amide bonds. The number of benzene rings is 1. The van der Waals surface area contributed by atoms with Gasteiger partial charge in [0.25, 0.3) is 5.69 Å². The number of hydrogen-bond acceptors (Lipinski definition) is 3. The van der Waals surface area contributed by atoms with Crippen LogP contribution in [0, 0.1) is 21.4 Å². The van der Waals surface area contributed by atoms with Crippen molar-refractivity contribution in [2.24, 2.45) is 11.3 Å². The molecule has 2 rings (SSSR count). The van der Waals surface area contributed by atoms with Gasteiger partial charge in [-0.1, -0.05) is 36.7 Å². The van der Waals surface area contributed by atoms with Gasteiger partial charge < -0.3 is 4.90 Å². The molecule has 1 heterocycles. The van der Waals surface area contributed by atoms with Crippen LogP contribution >= 0.6 is 15.9 Å². The molecule has 0 aliphatic carbocycles. The molecule has 1 aromatic rings. The fourth-order valence-corrected chi connectivity index (χ4v) is 3.51. The van der Waals surface area contributed by atoms with E-state index in [2.05, 4.69) is 41.6 Å². The van der Waals surface area contributed by atoms with Gasteiger partial charge in [0.15, 0.2) is 0 Å². The van der Waals surface area contributed by atoms with Gasteiger partial charge >= 0.3 is 0 Å². The molecule has 21 heavy (non-hydrogen) atoms. The van der Waals surface area contributed by atoms with Crippen LogP contribution in [0.2, 0.25) is 0 Å². The normalized spacial score (nSPS) is 17.0. The zero-order valence-corrected chi connectivity index (χ0v) is 14.5. The van der Waals surface area contributed by atoms with Gasteiger partial charge in [-0.2, -0.15) is 0 Å². The van der Waals surface area contributed by atoms with E-state index in [1.54, 1.807) is 6.07 Å². The average molecular weight is 355 g/mol. The van der Waals surface area contributed by atoms with E-state index in [0.717, 1.165) is 30.3 Å². The SMILES string of the molecule is CC(C)(C)C1CCN(c2ccc([N+](=O)[O-])c(CBr)c2)CC1. The summed E-state index contributed by atoms with van der Waals surface area (Å²) in [6.45, 7) is 8.98. The minimum absolute atomic E-state index is 0.195. The first-order valence-corrected chi connectivity index (χ1v) is 8.53. The predicted molar refractivity (Wildman–Crippen MR) is 90.1 cm³/mol. The number of rotatable bonds is 3. The monoisotopic (exact) mass is 354 g/mol. The molecule has 0 spiro atoms. The Balaban J connectivity index is 2.12. The third-order valence-corrected chi connectivity index (χ3v) is 5.09. The van der Waals surface area contributed by atoms with Crippen molar-refractivity contribution >= 4 is 27.3 Å². The molecule has 116 valence electrons. The fraction of sp³-hybridized carbons (Fsp3) is 0.625. The first-order valence-electron chi connectivity index (χ1n) is 7.41. The first-order chi connectivity index (χ1) is 9.82. The zero-order chi connectivity index (χ0) is 15.6. The second-order valence-electron chi connectivity index (χ2n) is 6.83. The minimum Gasteiger partial charge on any atom is -0.372 e. The largest absolute Gasteiger partial charge is 0.372 e. The van der Waals surface area contributed by atoms with Gasteiger partial charge in [0.1, 0.15) is 0 Å². The Kier molecular flexibility index (Phi) is 4.91. The van der Waals surface area contributed by atoms with Crippen molar-refractivity contribution in [3.05, 3.63) is 33.9 Å². The Bertz CT molecular complexity index is 517. The van der Waals surface area contributed by atoms with E-state index in [4.69, 9.17) is 0 Å². The molecule has 0 bridgehead atoms. The summed E-state index contributed by atoms with van der Waals surface area (Å²) >= 11 is 3.35. The van der Waals surface area contributed by atoms with Gasteiger partial charge in [-0.05, 0) is 36.3 Å². The van der Waals surface area contributed by atoms with Gasteiger partial charge in [-0.15, -0.1) is 0 Å². The maximum absolute atomic E-state index is 11.0. The lowest BCUT2D eigenvalue weighted by atomic mass is 9.75. The van der Waals surface area contributed by atoms with Crippen LogP contribution in [0.1, 0.15) is 39.2 Å². The molecule has 5 heteroatoms. The summed E-state index contributed by atoms with van der Waals surface area (Å²) in [7, 11) is 0. The second kappa shape index (κ2) is 6.34. The molecule has 0 N–H and O–H groups in total. The number of nitro benzene ring substituents is 1. The topological polar surface area (TPSA) is 46.4 Å². The molecule has 1 aliphatic heterocycles. The average Bonchev–Trinajstić information content (AvgIpc) is 2.45. The van der Waals surface area contributed by atoms with Crippen molar-refractivity contribution in [3.8, 4) is 0 Å². The molecule has 1 aliphatic rings. The molecule has 0 saturated carbocycles. The van der Waals surface area contributed by atoms with Gasteiger partial charge in [0.2, 0.25) is 0 Å². The Morgan fingerprint density at radius 2 is 1.95 bits per heavy atom. The van der Waals surface area contributed by atoms with Gasteiger partial charge in [0.05, 0.1) is 4.92 Å². The Morgan fingerprint density at radius 1 is 1.33 bits per heavy atom.